The number of hydrogen-bond donors (Lipinski definition) is 2. The molecule has 0 radical (unpaired) electrons. The van der Waals surface area contributed by atoms with Gasteiger partial charge >= 0.3 is 5.97 Å². The van der Waals surface area contributed by atoms with Crippen molar-refractivity contribution >= 4 is 11.9 Å². The fraction of sp³-hybridized carbons (Fsp3) is 0.467. The molecule has 0 bridgehead atoms. The number of benzene rings is 1. The monoisotopic (exact) mass is 276 g/mol. The Balaban J connectivity index is 1.89. The number of carbonyl (C=O) groups excluding carboxylic acids is 1. The molecular formula is C15H20N2O3. The van der Waals surface area contributed by atoms with Gasteiger partial charge in [0, 0.05) is 19.5 Å². The van der Waals surface area contributed by atoms with E-state index in [9.17, 15) is 9.59 Å². The molecule has 1 aromatic rings. The third kappa shape index (κ3) is 3.57. The number of carboxylic acids is 1. The lowest BCUT2D eigenvalue weighted by Gasteiger charge is -2.20. The van der Waals surface area contributed by atoms with Crippen molar-refractivity contribution < 1.29 is 14.7 Å². The molecular weight excluding hydrogens is 256 g/mol. The van der Waals surface area contributed by atoms with Crippen LogP contribution in [0, 0.1) is 0 Å². The SMILES string of the molecule is NC(CCC(=O)N1CCc2ccccc2CC1)C(=O)O. The van der Waals surface area contributed by atoms with E-state index in [0.29, 0.717) is 13.1 Å². The largest absolute Gasteiger partial charge is 0.480 e. The number of fused-ring (bicyclic) bond motifs is 1. The van der Waals surface area contributed by atoms with Crippen LogP contribution < -0.4 is 5.73 Å². The van der Waals surface area contributed by atoms with E-state index in [-0.39, 0.29) is 18.7 Å². The quantitative estimate of drug-likeness (QED) is 0.852. The van der Waals surface area contributed by atoms with Crippen LogP contribution in [0.4, 0.5) is 0 Å². The van der Waals surface area contributed by atoms with Crippen LogP contribution in [-0.2, 0) is 22.4 Å². The van der Waals surface area contributed by atoms with Crippen molar-refractivity contribution in [3.63, 3.8) is 0 Å². The third-order valence-electron chi connectivity index (χ3n) is 3.76. The van der Waals surface area contributed by atoms with Gasteiger partial charge in [0.25, 0.3) is 0 Å². The maximum absolute atomic E-state index is 12.1. The van der Waals surface area contributed by atoms with Crippen LogP contribution in [0.3, 0.4) is 0 Å². The molecule has 0 aromatic heterocycles. The molecule has 5 nitrogen and oxygen atoms in total. The van der Waals surface area contributed by atoms with Crippen molar-refractivity contribution in [2.24, 2.45) is 5.73 Å². The molecule has 20 heavy (non-hydrogen) atoms. The van der Waals surface area contributed by atoms with E-state index >= 15 is 0 Å². The fourth-order valence-corrected chi connectivity index (χ4v) is 2.48. The number of nitrogens with two attached hydrogens (primary N) is 1. The molecule has 0 saturated carbocycles. The third-order valence-corrected chi connectivity index (χ3v) is 3.76. The Labute approximate surface area is 118 Å². The number of nitrogens with zero attached hydrogens (tertiary/aromatic N) is 1. The summed E-state index contributed by atoms with van der Waals surface area (Å²) in [6, 6.07) is 7.28. The second-order valence-electron chi connectivity index (χ2n) is 5.13. The van der Waals surface area contributed by atoms with Crippen molar-refractivity contribution in [1.82, 2.24) is 4.90 Å². The van der Waals surface area contributed by atoms with E-state index in [4.69, 9.17) is 10.8 Å². The minimum atomic E-state index is -1.05. The smallest absolute Gasteiger partial charge is 0.320 e. The van der Waals surface area contributed by atoms with Crippen LogP contribution >= 0.6 is 0 Å². The first kappa shape index (κ1) is 14.5. The standard InChI is InChI=1S/C15H20N2O3/c16-13(15(19)20)5-6-14(18)17-9-7-11-3-1-2-4-12(11)8-10-17/h1-4,13H,5-10,16H2,(H,19,20). The highest BCUT2D eigenvalue weighted by Gasteiger charge is 2.20. The van der Waals surface area contributed by atoms with Gasteiger partial charge in [0.15, 0.2) is 0 Å². The molecule has 108 valence electrons. The van der Waals surface area contributed by atoms with Crippen LogP contribution in [0.5, 0.6) is 0 Å². The average Bonchev–Trinajstić information content (AvgIpc) is 2.66. The molecule has 0 fully saturated rings. The first-order valence-electron chi connectivity index (χ1n) is 6.91. The summed E-state index contributed by atoms with van der Waals surface area (Å²) in [5.74, 6) is -1.06. The molecule has 1 amide bonds. The Morgan fingerprint density at radius 3 is 2.25 bits per heavy atom. The zero-order chi connectivity index (χ0) is 14.5. The number of rotatable bonds is 4. The summed E-state index contributed by atoms with van der Waals surface area (Å²) < 4.78 is 0. The summed E-state index contributed by atoms with van der Waals surface area (Å²) in [6.07, 6.45) is 2.10. The van der Waals surface area contributed by atoms with E-state index in [0.717, 1.165) is 12.8 Å². The highest BCUT2D eigenvalue weighted by atomic mass is 16.4. The van der Waals surface area contributed by atoms with Crippen molar-refractivity contribution in [1.29, 1.82) is 0 Å². The Morgan fingerprint density at radius 2 is 1.75 bits per heavy atom. The number of carboxylic acid groups (broad SMARTS) is 1. The van der Waals surface area contributed by atoms with Crippen LogP contribution in [0.15, 0.2) is 24.3 Å². The Kier molecular flexibility index (Phi) is 4.74. The topological polar surface area (TPSA) is 83.6 Å². The number of amides is 1. The molecule has 1 aromatic carbocycles. The predicted octanol–water partition coefficient (Wildman–Crippen LogP) is 0.806. The maximum atomic E-state index is 12.1. The summed E-state index contributed by atoms with van der Waals surface area (Å²) in [5, 5.41) is 8.72. The maximum Gasteiger partial charge on any atom is 0.320 e. The second kappa shape index (κ2) is 6.52. The molecule has 2 rings (SSSR count). The Hall–Kier alpha value is -1.88. The van der Waals surface area contributed by atoms with Crippen LogP contribution in [0.2, 0.25) is 0 Å². The zero-order valence-corrected chi connectivity index (χ0v) is 11.4. The molecule has 0 spiro atoms. The van der Waals surface area contributed by atoms with Crippen LogP contribution in [-0.4, -0.2) is 41.0 Å². The number of hydrogen-bond acceptors (Lipinski definition) is 3. The lowest BCUT2D eigenvalue weighted by Crippen LogP contribution is -2.36. The number of carbonyl (C=O) groups is 2. The van der Waals surface area contributed by atoms with Gasteiger partial charge in [0.1, 0.15) is 6.04 Å². The predicted molar refractivity (Wildman–Crippen MR) is 75.3 cm³/mol. The first-order chi connectivity index (χ1) is 9.58. The van der Waals surface area contributed by atoms with Crippen molar-refractivity contribution in [3.05, 3.63) is 35.4 Å². The van der Waals surface area contributed by atoms with Gasteiger partial charge in [-0.3, -0.25) is 9.59 Å². The van der Waals surface area contributed by atoms with Crippen molar-refractivity contribution in [3.8, 4) is 0 Å². The Morgan fingerprint density at radius 1 is 1.20 bits per heavy atom. The van der Waals surface area contributed by atoms with Gasteiger partial charge in [-0.1, -0.05) is 24.3 Å². The summed E-state index contributed by atoms with van der Waals surface area (Å²) in [5.41, 5.74) is 8.02. The molecule has 1 atom stereocenters. The van der Waals surface area contributed by atoms with Gasteiger partial charge in [-0.25, -0.2) is 0 Å². The molecule has 5 heteroatoms. The highest BCUT2D eigenvalue weighted by molar-refractivity contribution is 5.78. The molecule has 1 aliphatic rings. The first-order valence-corrected chi connectivity index (χ1v) is 6.91. The highest BCUT2D eigenvalue weighted by Crippen LogP contribution is 2.16. The second-order valence-corrected chi connectivity index (χ2v) is 5.13. The minimum Gasteiger partial charge on any atom is -0.480 e. The van der Waals surface area contributed by atoms with E-state index < -0.39 is 12.0 Å². The van der Waals surface area contributed by atoms with E-state index in [1.165, 1.54) is 11.1 Å². The lowest BCUT2D eigenvalue weighted by atomic mass is 10.0. The van der Waals surface area contributed by atoms with Crippen LogP contribution in [0.25, 0.3) is 0 Å². The van der Waals surface area contributed by atoms with Gasteiger partial charge in [0.2, 0.25) is 5.91 Å². The van der Waals surface area contributed by atoms with Gasteiger partial charge < -0.3 is 15.7 Å². The lowest BCUT2D eigenvalue weighted by molar-refractivity contribution is -0.139. The summed E-state index contributed by atoms with van der Waals surface area (Å²) in [4.78, 5) is 24.6. The molecule has 3 N–H and O–H groups in total. The van der Waals surface area contributed by atoms with E-state index in [1.54, 1.807) is 0 Å². The van der Waals surface area contributed by atoms with Gasteiger partial charge in [-0.15, -0.1) is 0 Å². The fourth-order valence-electron chi connectivity index (χ4n) is 2.48. The molecule has 1 unspecified atom stereocenters. The number of aliphatic carboxylic acids is 1. The minimum absolute atomic E-state index is 0.00509. The molecule has 1 aliphatic heterocycles. The van der Waals surface area contributed by atoms with E-state index in [1.807, 2.05) is 17.0 Å². The van der Waals surface area contributed by atoms with Crippen molar-refractivity contribution in [2.45, 2.75) is 31.7 Å². The van der Waals surface area contributed by atoms with Gasteiger partial charge in [-0.2, -0.15) is 0 Å². The molecule has 1 heterocycles. The van der Waals surface area contributed by atoms with Gasteiger partial charge in [0.05, 0.1) is 0 Å². The Bertz CT molecular complexity index is 475. The summed E-state index contributed by atoms with van der Waals surface area (Å²) in [7, 11) is 0. The molecule has 0 aliphatic carbocycles. The molecule has 0 saturated heterocycles. The van der Waals surface area contributed by atoms with Crippen LogP contribution in [0.1, 0.15) is 24.0 Å². The summed E-state index contributed by atoms with van der Waals surface area (Å²) in [6.45, 7) is 1.39. The van der Waals surface area contributed by atoms with Crippen molar-refractivity contribution in [2.75, 3.05) is 13.1 Å². The average molecular weight is 276 g/mol. The normalized spacial score (nSPS) is 16.1. The van der Waals surface area contributed by atoms with E-state index in [2.05, 4.69) is 12.1 Å². The van der Waals surface area contributed by atoms with Gasteiger partial charge in [-0.05, 0) is 30.4 Å². The summed E-state index contributed by atoms with van der Waals surface area (Å²) >= 11 is 0. The zero-order valence-electron chi connectivity index (χ0n) is 11.4.